The van der Waals surface area contributed by atoms with E-state index >= 15 is 0 Å². The predicted octanol–water partition coefficient (Wildman–Crippen LogP) is 5.89. The van der Waals surface area contributed by atoms with Crippen LogP contribution >= 0.6 is 11.8 Å². The molecule has 2 amide bonds. The highest BCUT2D eigenvalue weighted by atomic mass is 32.2. The maximum Gasteiger partial charge on any atom is 0.238 e. The molecule has 0 spiro atoms. The van der Waals surface area contributed by atoms with E-state index in [9.17, 15) is 9.59 Å². The molecular formula is C25H30N2O2S. The molecule has 158 valence electrons. The second-order valence-electron chi connectivity index (χ2n) is 9.32. The van der Waals surface area contributed by atoms with Crippen molar-refractivity contribution in [3.05, 3.63) is 59.7 Å². The number of hydrogen-bond acceptors (Lipinski definition) is 3. The van der Waals surface area contributed by atoms with Crippen molar-refractivity contribution in [2.24, 2.45) is 5.92 Å². The van der Waals surface area contributed by atoms with E-state index in [1.165, 1.54) is 5.56 Å². The summed E-state index contributed by atoms with van der Waals surface area (Å²) in [6.07, 6.45) is 4.25. The van der Waals surface area contributed by atoms with Gasteiger partial charge in [-0.25, -0.2) is 0 Å². The maximum absolute atomic E-state index is 12.7. The molecule has 4 nitrogen and oxygen atoms in total. The van der Waals surface area contributed by atoms with Crippen molar-refractivity contribution in [2.75, 3.05) is 16.0 Å². The minimum atomic E-state index is -0.0821. The monoisotopic (exact) mass is 422 g/mol. The lowest BCUT2D eigenvalue weighted by atomic mass is 9.87. The molecule has 1 aliphatic heterocycles. The number of nitrogens with one attached hydrogen (secondary N) is 1. The van der Waals surface area contributed by atoms with Gasteiger partial charge >= 0.3 is 0 Å². The van der Waals surface area contributed by atoms with Crippen LogP contribution in [0.1, 0.15) is 63.0 Å². The van der Waals surface area contributed by atoms with Crippen LogP contribution in [0.15, 0.2) is 48.5 Å². The number of rotatable bonds is 4. The van der Waals surface area contributed by atoms with Crippen LogP contribution in [0.4, 0.5) is 11.4 Å². The normalized spacial score (nSPS) is 20.0. The molecular weight excluding hydrogens is 392 g/mol. The first kappa shape index (κ1) is 21.0. The molecule has 4 rings (SSSR count). The van der Waals surface area contributed by atoms with Gasteiger partial charge in [-0.15, -0.1) is 11.8 Å². The van der Waals surface area contributed by atoms with E-state index in [2.05, 4.69) is 38.2 Å². The zero-order valence-electron chi connectivity index (χ0n) is 18.0. The lowest BCUT2D eigenvalue weighted by Gasteiger charge is -2.26. The van der Waals surface area contributed by atoms with E-state index < -0.39 is 0 Å². The molecule has 0 radical (unpaired) electrons. The Hall–Kier alpha value is -2.27. The number of amides is 2. The highest BCUT2D eigenvalue weighted by molar-refractivity contribution is 8.00. The Morgan fingerprint density at radius 2 is 1.77 bits per heavy atom. The minimum absolute atomic E-state index is 0.0769. The first-order chi connectivity index (χ1) is 14.3. The van der Waals surface area contributed by atoms with Gasteiger partial charge in [0.05, 0.1) is 5.75 Å². The van der Waals surface area contributed by atoms with Crippen LogP contribution in [-0.4, -0.2) is 17.6 Å². The second-order valence-corrected chi connectivity index (χ2v) is 10.4. The van der Waals surface area contributed by atoms with Gasteiger partial charge in [0.25, 0.3) is 0 Å². The number of anilines is 2. The summed E-state index contributed by atoms with van der Waals surface area (Å²) in [5.41, 5.74) is 4.09. The molecule has 2 aromatic carbocycles. The molecule has 0 bridgehead atoms. The summed E-state index contributed by atoms with van der Waals surface area (Å²) in [5, 5.41) is 3.00. The Bertz CT molecular complexity index is 927. The average Bonchev–Trinajstić information content (AvgIpc) is 3.38. The van der Waals surface area contributed by atoms with Gasteiger partial charge < -0.3 is 5.32 Å². The van der Waals surface area contributed by atoms with Crippen molar-refractivity contribution in [1.82, 2.24) is 0 Å². The second kappa shape index (κ2) is 8.46. The molecule has 1 saturated carbocycles. The first-order valence-electron chi connectivity index (χ1n) is 10.8. The number of hydrogen-bond donors (Lipinski definition) is 1. The van der Waals surface area contributed by atoms with E-state index in [-0.39, 0.29) is 28.5 Å². The standard InChI is InChI=1S/C25H30N2O2S/c1-25(2,3)19-11-13-21(14-12-19)27-22(28)16-30-24(27)18-9-6-10-20(15-18)26-23(29)17-7-4-5-8-17/h6,9-15,17,24H,4-5,7-8,16H2,1-3H3,(H,26,29)/t24-/m0/s1. The summed E-state index contributed by atoms with van der Waals surface area (Å²) in [6.45, 7) is 6.56. The van der Waals surface area contributed by atoms with Crippen molar-refractivity contribution in [3.63, 3.8) is 0 Å². The van der Waals surface area contributed by atoms with Gasteiger partial charge in [0.15, 0.2) is 0 Å². The van der Waals surface area contributed by atoms with Gasteiger partial charge in [-0.2, -0.15) is 0 Å². The fourth-order valence-corrected chi connectivity index (χ4v) is 5.44. The molecule has 30 heavy (non-hydrogen) atoms. The van der Waals surface area contributed by atoms with Crippen molar-refractivity contribution in [1.29, 1.82) is 0 Å². The molecule has 2 fully saturated rings. The van der Waals surface area contributed by atoms with Crippen molar-refractivity contribution >= 4 is 35.0 Å². The van der Waals surface area contributed by atoms with E-state index in [4.69, 9.17) is 0 Å². The number of carbonyl (C=O) groups is 2. The zero-order valence-corrected chi connectivity index (χ0v) is 18.8. The minimum Gasteiger partial charge on any atom is -0.326 e. The number of thioether (sulfide) groups is 1. The third-order valence-corrected chi connectivity index (χ3v) is 7.26. The fourth-order valence-electron chi connectivity index (χ4n) is 4.27. The lowest BCUT2D eigenvalue weighted by molar-refractivity contribution is -0.119. The van der Waals surface area contributed by atoms with Crippen LogP contribution in [0.25, 0.3) is 0 Å². The number of benzene rings is 2. The highest BCUT2D eigenvalue weighted by Crippen LogP contribution is 2.42. The number of carbonyl (C=O) groups excluding carboxylic acids is 2. The topological polar surface area (TPSA) is 49.4 Å². The van der Waals surface area contributed by atoms with Gasteiger partial charge in [0.1, 0.15) is 5.37 Å². The molecule has 1 saturated heterocycles. The Morgan fingerprint density at radius 1 is 1.07 bits per heavy atom. The van der Waals surface area contributed by atoms with Crippen LogP contribution in [-0.2, 0) is 15.0 Å². The quantitative estimate of drug-likeness (QED) is 0.668. The van der Waals surface area contributed by atoms with Crippen LogP contribution < -0.4 is 10.2 Å². The molecule has 1 atom stereocenters. The van der Waals surface area contributed by atoms with Crippen LogP contribution in [0.5, 0.6) is 0 Å². The fraction of sp³-hybridized carbons (Fsp3) is 0.440. The molecule has 0 aromatic heterocycles. The predicted molar refractivity (Wildman–Crippen MR) is 125 cm³/mol. The SMILES string of the molecule is CC(C)(C)c1ccc(N2C(=O)CS[C@H]2c2cccc(NC(=O)C3CCCC3)c2)cc1. The summed E-state index contributed by atoms with van der Waals surface area (Å²) < 4.78 is 0. The average molecular weight is 423 g/mol. The van der Waals surface area contributed by atoms with E-state index in [1.807, 2.05) is 41.3 Å². The van der Waals surface area contributed by atoms with Crippen LogP contribution in [0, 0.1) is 5.92 Å². The van der Waals surface area contributed by atoms with Crippen molar-refractivity contribution in [2.45, 2.75) is 57.2 Å². The van der Waals surface area contributed by atoms with Crippen molar-refractivity contribution in [3.8, 4) is 0 Å². The van der Waals surface area contributed by atoms with Gasteiger partial charge in [0, 0.05) is 17.3 Å². The molecule has 5 heteroatoms. The van der Waals surface area contributed by atoms with Gasteiger partial charge in [-0.05, 0) is 53.6 Å². The summed E-state index contributed by atoms with van der Waals surface area (Å²) in [4.78, 5) is 27.1. The Morgan fingerprint density at radius 3 is 2.43 bits per heavy atom. The molecule has 1 N–H and O–H groups in total. The van der Waals surface area contributed by atoms with E-state index in [1.54, 1.807) is 11.8 Å². The van der Waals surface area contributed by atoms with Gasteiger partial charge in [-0.1, -0.05) is 57.9 Å². The third kappa shape index (κ3) is 4.41. The molecule has 0 unspecified atom stereocenters. The maximum atomic E-state index is 12.7. The zero-order chi connectivity index (χ0) is 21.3. The molecule has 2 aromatic rings. The summed E-state index contributed by atoms with van der Waals surface area (Å²) in [6, 6.07) is 16.3. The summed E-state index contributed by atoms with van der Waals surface area (Å²) >= 11 is 1.63. The van der Waals surface area contributed by atoms with Gasteiger partial charge in [-0.3, -0.25) is 14.5 Å². The largest absolute Gasteiger partial charge is 0.326 e. The number of nitrogens with zero attached hydrogens (tertiary/aromatic N) is 1. The highest BCUT2D eigenvalue weighted by Gasteiger charge is 2.34. The molecule has 1 aliphatic carbocycles. The summed E-state index contributed by atoms with van der Waals surface area (Å²) in [5.74, 6) is 0.835. The first-order valence-corrected chi connectivity index (χ1v) is 11.8. The molecule has 1 heterocycles. The summed E-state index contributed by atoms with van der Waals surface area (Å²) in [7, 11) is 0. The van der Waals surface area contributed by atoms with E-state index in [0.29, 0.717) is 5.75 Å². The third-order valence-electron chi connectivity index (χ3n) is 6.04. The van der Waals surface area contributed by atoms with Crippen LogP contribution in [0.2, 0.25) is 0 Å². The Labute approximate surface area is 183 Å². The van der Waals surface area contributed by atoms with Crippen molar-refractivity contribution < 1.29 is 9.59 Å². The smallest absolute Gasteiger partial charge is 0.238 e. The van der Waals surface area contributed by atoms with Crippen LogP contribution in [0.3, 0.4) is 0 Å². The molecule has 2 aliphatic rings. The Kier molecular flexibility index (Phi) is 5.92. The Balaban J connectivity index is 1.55. The van der Waals surface area contributed by atoms with Gasteiger partial charge in [0.2, 0.25) is 11.8 Å². The lowest BCUT2D eigenvalue weighted by Crippen LogP contribution is -2.28. The van der Waals surface area contributed by atoms with E-state index in [0.717, 1.165) is 42.6 Å².